The normalized spacial score (nSPS) is 11.0. The van der Waals surface area contributed by atoms with Gasteiger partial charge in [0.25, 0.3) is 0 Å². The molecule has 0 unspecified atom stereocenters. The fourth-order valence-corrected chi connectivity index (χ4v) is 2.72. The summed E-state index contributed by atoms with van der Waals surface area (Å²) in [6.07, 6.45) is 3.71. The minimum atomic E-state index is 0.636. The highest BCUT2D eigenvalue weighted by molar-refractivity contribution is 7.11. The maximum atomic E-state index is 5.61. The van der Waals surface area contributed by atoms with E-state index in [4.69, 9.17) is 5.73 Å². The summed E-state index contributed by atoms with van der Waals surface area (Å²) in [6, 6.07) is 8.34. The molecule has 0 aromatic carbocycles. The molecule has 0 aliphatic rings. The summed E-state index contributed by atoms with van der Waals surface area (Å²) in [6.45, 7) is 2.51. The molecule has 2 aromatic rings. The molecule has 2 N–H and O–H groups in total. The third kappa shape index (κ3) is 3.63. The molecule has 17 heavy (non-hydrogen) atoms. The van der Waals surface area contributed by atoms with Gasteiger partial charge in [-0.1, -0.05) is 6.07 Å². The Morgan fingerprint density at radius 1 is 1.24 bits per heavy atom. The van der Waals surface area contributed by atoms with E-state index in [1.54, 1.807) is 17.5 Å². The van der Waals surface area contributed by atoms with Crippen molar-refractivity contribution in [3.05, 3.63) is 52.0 Å². The van der Waals surface area contributed by atoms with Gasteiger partial charge in [-0.2, -0.15) is 0 Å². The molecule has 0 spiro atoms. The fourth-order valence-electron chi connectivity index (χ4n) is 1.74. The molecule has 2 aromatic heterocycles. The number of hydrogen-bond donors (Lipinski definition) is 1. The van der Waals surface area contributed by atoms with Crippen LogP contribution in [0.2, 0.25) is 0 Å². The van der Waals surface area contributed by atoms with Gasteiger partial charge in [0.05, 0.1) is 0 Å². The van der Waals surface area contributed by atoms with Crippen LogP contribution in [0.25, 0.3) is 0 Å². The molecule has 0 fully saturated rings. The Bertz CT molecular complexity index is 453. The first-order valence-corrected chi connectivity index (χ1v) is 6.44. The summed E-state index contributed by atoms with van der Waals surface area (Å²) >= 11 is 1.79. The van der Waals surface area contributed by atoms with E-state index in [2.05, 4.69) is 35.1 Å². The third-order valence-corrected chi connectivity index (χ3v) is 3.61. The standard InChI is InChI=1S/C13H17N3S/c1-16(9-11-3-2-6-15-8-11)10-13-5-4-12(7-14)17-13/h2-6,8H,7,9-10,14H2,1H3. The van der Waals surface area contributed by atoms with E-state index < -0.39 is 0 Å². The summed E-state index contributed by atoms with van der Waals surface area (Å²) in [4.78, 5) is 9.01. The van der Waals surface area contributed by atoms with E-state index >= 15 is 0 Å². The first-order valence-electron chi connectivity index (χ1n) is 5.63. The van der Waals surface area contributed by atoms with Crippen LogP contribution in [-0.4, -0.2) is 16.9 Å². The number of thiophene rings is 1. The zero-order chi connectivity index (χ0) is 12.1. The third-order valence-electron chi connectivity index (χ3n) is 2.52. The SMILES string of the molecule is CN(Cc1cccnc1)Cc1ccc(CN)s1. The van der Waals surface area contributed by atoms with Gasteiger partial charge in [0.2, 0.25) is 0 Å². The summed E-state index contributed by atoms with van der Waals surface area (Å²) in [5.74, 6) is 0. The molecule has 4 heteroatoms. The molecule has 2 rings (SSSR count). The Morgan fingerprint density at radius 3 is 2.71 bits per heavy atom. The van der Waals surface area contributed by atoms with Crippen LogP contribution in [0.5, 0.6) is 0 Å². The molecular weight excluding hydrogens is 230 g/mol. The van der Waals surface area contributed by atoms with Crippen molar-refractivity contribution in [2.24, 2.45) is 5.73 Å². The second-order valence-electron chi connectivity index (χ2n) is 4.11. The summed E-state index contributed by atoms with van der Waals surface area (Å²) in [7, 11) is 2.12. The van der Waals surface area contributed by atoms with Gasteiger partial charge in [0.15, 0.2) is 0 Å². The number of nitrogens with two attached hydrogens (primary N) is 1. The van der Waals surface area contributed by atoms with Crippen LogP contribution >= 0.6 is 11.3 Å². The lowest BCUT2D eigenvalue weighted by Gasteiger charge is -2.15. The number of rotatable bonds is 5. The van der Waals surface area contributed by atoms with Gasteiger partial charge in [-0.3, -0.25) is 9.88 Å². The van der Waals surface area contributed by atoms with E-state index in [1.165, 1.54) is 15.3 Å². The summed E-state index contributed by atoms with van der Waals surface area (Å²) in [5.41, 5.74) is 6.85. The highest BCUT2D eigenvalue weighted by Crippen LogP contribution is 2.17. The molecule has 0 amide bonds. The highest BCUT2D eigenvalue weighted by atomic mass is 32.1. The van der Waals surface area contributed by atoms with Crippen molar-refractivity contribution in [2.45, 2.75) is 19.6 Å². The average Bonchev–Trinajstić information content (AvgIpc) is 2.78. The minimum absolute atomic E-state index is 0.636. The first-order chi connectivity index (χ1) is 8.28. The van der Waals surface area contributed by atoms with Gasteiger partial charge in [0.1, 0.15) is 0 Å². The Hall–Kier alpha value is -1.23. The van der Waals surface area contributed by atoms with E-state index in [1.807, 2.05) is 12.3 Å². The van der Waals surface area contributed by atoms with Crippen molar-refractivity contribution in [3.8, 4) is 0 Å². The molecule has 0 aliphatic heterocycles. The molecule has 90 valence electrons. The number of aromatic nitrogens is 1. The number of nitrogens with zero attached hydrogens (tertiary/aromatic N) is 2. The van der Waals surface area contributed by atoms with Crippen LogP contribution in [0.4, 0.5) is 0 Å². The maximum absolute atomic E-state index is 5.61. The predicted molar refractivity (Wildman–Crippen MR) is 71.6 cm³/mol. The second kappa shape index (κ2) is 5.91. The maximum Gasteiger partial charge on any atom is 0.0328 e. The first kappa shape index (κ1) is 12.2. The largest absolute Gasteiger partial charge is 0.326 e. The zero-order valence-electron chi connectivity index (χ0n) is 9.97. The molecule has 0 aliphatic carbocycles. The highest BCUT2D eigenvalue weighted by Gasteiger charge is 2.04. The monoisotopic (exact) mass is 247 g/mol. The molecule has 0 bridgehead atoms. The van der Waals surface area contributed by atoms with Gasteiger partial charge < -0.3 is 5.73 Å². The lowest BCUT2D eigenvalue weighted by Crippen LogP contribution is -2.16. The molecule has 2 heterocycles. The molecule has 0 saturated carbocycles. The molecule has 0 radical (unpaired) electrons. The Morgan fingerprint density at radius 2 is 2.06 bits per heavy atom. The topological polar surface area (TPSA) is 42.2 Å². The van der Waals surface area contributed by atoms with Crippen molar-refractivity contribution in [1.29, 1.82) is 0 Å². The quantitative estimate of drug-likeness (QED) is 0.881. The van der Waals surface area contributed by atoms with Crippen LogP contribution in [0.1, 0.15) is 15.3 Å². The second-order valence-corrected chi connectivity index (χ2v) is 5.36. The van der Waals surface area contributed by atoms with Crippen LogP contribution in [0.15, 0.2) is 36.7 Å². The Labute approximate surface area is 106 Å². The van der Waals surface area contributed by atoms with Crippen LogP contribution in [-0.2, 0) is 19.6 Å². The molecule has 0 saturated heterocycles. The van der Waals surface area contributed by atoms with Crippen LogP contribution in [0.3, 0.4) is 0 Å². The van der Waals surface area contributed by atoms with E-state index in [-0.39, 0.29) is 0 Å². The van der Waals surface area contributed by atoms with Gasteiger partial charge in [-0.05, 0) is 30.8 Å². The lowest BCUT2D eigenvalue weighted by molar-refractivity contribution is 0.321. The number of pyridine rings is 1. The number of hydrogen-bond acceptors (Lipinski definition) is 4. The van der Waals surface area contributed by atoms with Gasteiger partial charge >= 0.3 is 0 Å². The van der Waals surface area contributed by atoms with Crippen molar-refractivity contribution < 1.29 is 0 Å². The van der Waals surface area contributed by atoms with E-state index in [0.29, 0.717) is 6.54 Å². The Balaban J connectivity index is 1.91. The van der Waals surface area contributed by atoms with E-state index in [9.17, 15) is 0 Å². The lowest BCUT2D eigenvalue weighted by atomic mass is 10.2. The van der Waals surface area contributed by atoms with Gasteiger partial charge in [-0.25, -0.2) is 0 Å². The van der Waals surface area contributed by atoms with Crippen molar-refractivity contribution in [1.82, 2.24) is 9.88 Å². The summed E-state index contributed by atoms with van der Waals surface area (Å²) in [5, 5.41) is 0. The summed E-state index contributed by atoms with van der Waals surface area (Å²) < 4.78 is 0. The van der Waals surface area contributed by atoms with Gasteiger partial charge in [0, 0.05) is 41.8 Å². The van der Waals surface area contributed by atoms with Gasteiger partial charge in [-0.15, -0.1) is 11.3 Å². The van der Waals surface area contributed by atoms with Crippen LogP contribution in [0, 0.1) is 0 Å². The van der Waals surface area contributed by atoms with E-state index in [0.717, 1.165) is 13.1 Å². The van der Waals surface area contributed by atoms with Crippen molar-refractivity contribution in [3.63, 3.8) is 0 Å². The fraction of sp³-hybridized carbons (Fsp3) is 0.308. The smallest absolute Gasteiger partial charge is 0.0328 e. The van der Waals surface area contributed by atoms with Crippen molar-refractivity contribution in [2.75, 3.05) is 7.05 Å². The van der Waals surface area contributed by atoms with Crippen molar-refractivity contribution >= 4 is 11.3 Å². The average molecular weight is 247 g/mol. The molecule has 3 nitrogen and oxygen atoms in total. The molecular formula is C13H17N3S. The molecule has 0 atom stereocenters. The minimum Gasteiger partial charge on any atom is -0.326 e. The van der Waals surface area contributed by atoms with Crippen LogP contribution < -0.4 is 5.73 Å². The Kier molecular flexibility index (Phi) is 4.25. The zero-order valence-corrected chi connectivity index (χ0v) is 10.8. The predicted octanol–water partition coefficient (Wildman–Crippen LogP) is 2.23.